The number of alkyl halides is 1. The molecule has 6 nitrogen and oxygen atoms in total. The van der Waals surface area contributed by atoms with Gasteiger partial charge in [-0.05, 0) is 37.3 Å². The third-order valence-corrected chi connectivity index (χ3v) is 8.45. The molecule has 2 fully saturated rings. The summed E-state index contributed by atoms with van der Waals surface area (Å²) in [7, 11) is 0. The van der Waals surface area contributed by atoms with E-state index in [1.54, 1.807) is 0 Å². The lowest BCUT2D eigenvalue weighted by Gasteiger charge is -2.61. The summed E-state index contributed by atoms with van der Waals surface area (Å²) < 4.78 is 31.9. The molecule has 0 radical (unpaired) electrons. The van der Waals surface area contributed by atoms with Crippen molar-refractivity contribution in [2.24, 2.45) is 22.7 Å². The van der Waals surface area contributed by atoms with Crippen molar-refractivity contribution in [3.05, 3.63) is 23.6 Å². The highest BCUT2D eigenvalue weighted by Crippen LogP contribution is 2.70. The Labute approximate surface area is 166 Å². The largest absolute Gasteiger partial charge is 0.390 e. The molecule has 4 aliphatic carbocycles. The van der Waals surface area contributed by atoms with Gasteiger partial charge in [-0.3, -0.25) is 9.59 Å². The highest BCUT2D eigenvalue weighted by Gasteiger charge is 2.76. The summed E-state index contributed by atoms with van der Waals surface area (Å²) >= 11 is 0. The SMILES string of the molecule is C[C@]12C=CC(=O)CC1=C(F)C[C@H]1[C@@H]3C[C@@H](O)[C@](O)(C(=O)CO)[C@@]3(C)C[C@H](O)[C@@]12F. The zero-order chi connectivity index (χ0) is 21.6. The number of fused-ring (bicyclic) bond motifs is 5. The monoisotopic (exact) mass is 412 g/mol. The van der Waals surface area contributed by atoms with Crippen LogP contribution in [0.4, 0.5) is 8.78 Å². The van der Waals surface area contributed by atoms with E-state index in [-0.39, 0.29) is 30.6 Å². The number of rotatable bonds is 2. The summed E-state index contributed by atoms with van der Waals surface area (Å²) in [5.41, 5.74) is -7.69. The number of ketones is 2. The molecule has 4 aliphatic rings. The molecule has 0 aromatic rings. The molecule has 0 unspecified atom stereocenters. The average Bonchev–Trinajstić information content (AvgIpc) is 2.86. The van der Waals surface area contributed by atoms with Crippen molar-refractivity contribution in [3.63, 3.8) is 0 Å². The molecule has 0 bridgehead atoms. The van der Waals surface area contributed by atoms with Gasteiger partial charge >= 0.3 is 0 Å². The van der Waals surface area contributed by atoms with Gasteiger partial charge < -0.3 is 20.4 Å². The van der Waals surface area contributed by atoms with Crippen LogP contribution in [-0.2, 0) is 9.59 Å². The molecule has 0 heterocycles. The maximum Gasteiger partial charge on any atom is 0.192 e. The normalized spacial score (nSPS) is 51.5. The first-order chi connectivity index (χ1) is 13.4. The lowest BCUT2D eigenvalue weighted by molar-refractivity contribution is -0.219. The first-order valence-electron chi connectivity index (χ1n) is 9.89. The van der Waals surface area contributed by atoms with Crippen LogP contribution in [0.3, 0.4) is 0 Å². The topological polar surface area (TPSA) is 115 Å². The van der Waals surface area contributed by atoms with Crippen LogP contribution in [0.2, 0.25) is 0 Å². The number of carbonyl (C=O) groups is 2. The van der Waals surface area contributed by atoms with E-state index in [2.05, 4.69) is 0 Å². The van der Waals surface area contributed by atoms with Crippen molar-refractivity contribution in [1.29, 1.82) is 0 Å². The number of hydrogen-bond acceptors (Lipinski definition) is 6. The third-order valence-electron chi connectivity index (χ3n) is 8.45. The maximum absolute atomic E-state index is 16.8. The highest BCUT2D eigenvalue weighted by molar-refractivity contribution is 5.94. The second kappa shape index (κ2) is 6.03. The van der Waals surface area contributed by atoms with Gasteiger partial charge in [0.25, 0.3) is 0 Å². The predicted octanol–water partition coefficient (Wildman–Crippen LogP) is 0.918. The molecule has 0 aromatic heterocycles. The average molecular weight is 412 g/mol. The molecule has 160 valence electrons. The van der Waals surface area contributed by atoms with E-state index in [0.717, 1.165) is 0 Å². The fourth-order valence-electron chi connectivity index (χ4n) is 6.82. The second-order valence-corrected chi connectivity index (χ2v) is 9.48. The second-order valence-electron chi connectivity index (χ2n) is 9.48. The first kappa shape index (κ1) is 20.8. The molecule has 8 heteroatoms. The molecular weight excluding hydrogens is 386 g/mol. The summed E-state index contributed by atoms with van der Waals surface area (Å²) in [6, 6.07) is 0. The van der Waals surface area contributed by atoms with Crippen LogP contribution < -0.4 is 0 Å². The summed E-state index contributed by atoms with van der Waals surface area (Å²) in [5, 5.41) is 42.0. The van der Waals surface area contributed by atoms with Gasteiger partial charge in [0.1, 0.15) is 12.4 Å². The Morgan fingerprint density at radius 2 is 1.90 bits per heavy atom. The van der Waals surface area contributed by atoms with Gasteiger partial charge in [-0.15, -0.1) is 0 Å². The van der Waals surface area contributed by atoms with E-state index in [1.807, 2.05) is 0 Å². The third kappa shape index (κ3) is 2.18. The number of carbonyl (C=O) groups excluding carboxylic acids is 2. The van der Waals surface area contributed by atoms with Crippen LogP contribution in [0.1, 0.15) is 39.5 Å². The van der Waals surface area contributed by atoms with Crippen molar-refractivity contribution in [1.82, 2.24) is 0 Å². The van der Waals surface area contributed by atoms with Crippen LogP contribution in [0.25, 0.3) is 0 Å². The molecule has 0 spiro atoms. The van der Waals surface area contributed by atoms with Crippen LogP contribution in [0, 0.1) is 22.7 Å². The van der Waals surface area contributed by atoms with E-state index >= 15 is 8.78 Å². The molecule has 0 amide bonds. The molecule has 4 N–H and O–H groups in total. The molecule has 0 saturated heterocycles. The smallest absolute Gasteiger partial charge is 0.192 e. The predicted molar refractivity (Wildman–Crippen MR) is 96.8 cm³/mol. The molecular formula is C21H26F2O6. The highest BCUT2D eigenvalue weighted by atomic mass is 19.1. The zero-order valence-corrected chi connectivity index (χ0v) is 16.4. The number of aliphatic hydroxyl groups excluding tert-OH is 3. The van der Waals surface area contributed by atoms with E-state index in [4.69, 9.17) is 0 Å². The van der Waals surface area contributed by atoms with Crippen LogP contribution >= 0.6 is 0 Å². The molecule has 4 rings (SSSR count). The lowest BCUT2D eigenvalue weighted by Crippen LogP contribution is -2.69. The molecule has 0 aliphatic heterocycles. The van der Waals surface area contributed by atoms with E-state index in [1.165, 1.54) is 26.0 Å². The maximum atomic E-state index is 16.8. The summed E-state index contributed by atoms with van der Waals surface area (Å²) in [4.78, 5) is 24.2. The van der Waals surface area contributed by atoms with Crippen LogP contribution in [-0.4, -0.2) is 62.1 Å². The number of Topliss-reactive ketones (excluding diaryl/α,β-unsaturated/α-hetero) is 1. The van der Waals surface area contributed by atoms with E-state index in [0.29, 0.717) is 0 Å². The number of allylic oxidation sites excluding steroid dienone is 4. The van der Waals surface area contributed by atoms with Gasteiger partial charge in [0.15, 0.2) is 22.8 Å². The van der Waals surface area contributed by atoms with Crippen molar-refractivity contribution >= 4 is 11.6 Å². The standard InChI is InChI=1S/C21H26F2O6/c1-18-4-3-10(25)5-13(18)14(22)6-12-11-7-15(26)21(29,17(28)9-24)19(11,2)8-16(27)20(12,18)23/h3-4,11-12,15-16,24,26-27,29H,5-9H2,1-2H3/t11-,12-,15+,16-,18-,19-,20-,21-/m0/s1. The summed E-state index contributed by atoms with van der Waals surface area (Å²) in [6.07, 6.45) is -1.91. The van der Waals surface area contributed by atoms with Gasteiger partial charge in [-0.1, -0.05) is 13.0 Å². The Morgan fingerprint density at radius 1 is 1.24 bits per heavy atom. The molecule has 0 aromatic carbocycles. The Bertz CT molecular complexity index is 854. The molecule has 2 saturated carbocycles. The fourth-order valence-corrected chi connectivity index (χ4v) is 6.82. The Hall–Kier alpha value is -1.48. The minimum atomic E-state index is -2.37. The minimum absolute atomic E-state index is 0.0200. The van der Waals surface area contributed by atoms with Crippen molar-refractivity contribution in [2.75, 3.05) is 6.61 Å². The van der Waals surface area contributed by atoms with Gasteiger partial charge in [-0.2, -0.15) is 0 Å². The van der Waals surface area contributed by atoms with Crippen LogP contribution in [0.15, 0.2) is 23.6 Å². The van der Waals surface area contributed by atoms with Gasteiger partial charge in [0.2, 0.25) is 0 Å². The van der Waals surface area contributed by atoms with Crippen LogP contribution in [0.5, 0.6) is 0 Å². The van der Waals surface area contributed by atoms with E-state index < -0.39 is 70.8 Å². The Morgan fingerprint density at radius 3 is 2.52 bits per heavy atom. The number of halogens is 2. The van der Waals surface area contributed by atoms with Gasteiger partial charge in [0.05, 0.1) is 12.2 Å². The summed E-state index contributed by atoms with van der Waals surface area (Å²) in [5.74, 6) is -3.92. The minimum Gasteiger partial charge on any atom is -0.390 e. The quantitative estimate of drug-likeness (QED) is 0.536. The lowest BCUT2D eigenvalue weighted by atomic mass is 9.45. The van der Waals surface area contributed by atoms with Crippen molar-refractivity contribution < 1.29 is 38.8 Å². The van der Waals surface area contributed by atoms with Crippen molar-refractivity contribution in [2.45, 2.75) is 63.0 Å². The zero-order valence-electron chi connectivity index (χ0n) is 16.4. The molecule has 8 atom stereocenters. The summed E-state index contributed by atoms with van der Waals surface area (Å²) in [6.45, 7) is 1.92. The number of aliphatic hydroxyl groups is 4. The molecule has 29 heavy (non-hydrogen) atoms. The number of hydrogen-bond donors (Lipinski definition) is 4. The first-order valence-corrected chi connectivity index (χ1v) is 9.89. The fraction of sp³-hybridized carbons (Fsp3) is 0.714. The Balaban J connectivity index is 1.89. The van der Waals surface area contributed by atoms with Gasteiger partial charge in [-0.25, -0.2) is 8.78 Å². The van der Waals surface area contributed by atoms with E-state index in [9.17, 15) is 30.0 Å². The van der Waals surface area contributed by atoms with Gasteiger partial charge in [0, 0.05) is 29.6 Å². The van der Waals surface area contributed by atoms with Crippen molar-refractivity contribution in [3.8, 4) is 0 Å². The Kier molecular flexibility index (Phi) is 4.32.